The van der Waals surface area contributed by atoms with Gasteiger partial charge >= 0.3 is 5.97 Å². The van der Waals surface area contributed by atoms with E-state index in [0.29, 0.717) is 6.42 Å². The lowest BCUT2D eigenvalue weighted by atomic mass is 9.76. The van der Waals surface area contributed by atoms with Crippen molar-refractivity contribution in [3.8, 4) is 0 Å². The molecule has 1 aromatic carbocycles. The summed E-state index contributed by atoms with van der Waals surface area (Å²) in [7, 11) is -3.66. The van der Waals surface area contributed by atoms with Crippen LogP contribution in [0.2, 0.25) is 0 Å². The summed E-state index contributed by atoms with van der Waals surface area (Å²) in [5.74, 6) is -0.640. The van der Waals surface area contributed by atoms with E-state index in [9.17, 15) is 18.0 Å². The Labute approximate surface area is 179 Å². The highest BCUT2D eigenvalue weighted by molar-refractivity contribution is 7.85. The number of carbonyl (C=O) groups excluding carboxylic acids is 2. The van der Waals surface area contributed by atoms with Crippen LogP contribution in [0.5, 0.6) is 0 Å². The summed E-state index contributed by atoms with van der Waals surface area (Å²) < 4.78 is 33.6. The van der Waals surface area contributed by atoms with E-state index < -0.39 is 33.1 Å². The number of likely N-dealkylation sites (tertiary alicyclic amines) is 1. The van der Waals surface area contributed by atoms with Gasteiger partial charge in [-0.3, -0.25) is 13.8 Å². The van der Waals surface area contributed by atoms with Crippen LogP contribution in [-0.4, -0.2) is 49.7 Å². The van der Waals surface area contributed by atoms with Crippen molar-refractivity contribution < 1.29 is 26.9 Å². The van der Waals surface area contributed by atoms with Crippen molar-refractivity contribution in [2.24, 2.45) is 5.41 Å². The number of rotatable bonds is 8. The molecule has 1 heterocycles. The van der Waals surface area contributed by atoms with Crippen molar-refractivity contribution in [2.45, 2.75) is 71.6 Å². The molecule has 0 radical (unpaired) electrons. The summed E-state index contributed by atoms with van der Waals surface area (Å²) >= 11 is 0. The summed E-state index contributed by atoms with van der Waals surface area (Å²) in [5.41, 5.74) is -0.939. The summed E-state index contributed by atoms with van der Waals surface area (Å²) in [6.45, 7) is 8.99. The Bertz CT molecular complexity index is 861. The monoisotopic (exact) mass is 439 g/mol. The first-order valence-electron chi connectivity index (χ1n) is 10.2. The Morgan fingerprint density at radius 2 is 1.87 bits per heavy atom. The fourth-order valence-electron chi connectivity index (χ4n) is 4.20. The fourth-order valence-corrected chi connectivity index (χ4v) is 4.59. The predicted molar refractivity (Wildman–Crippen MR) is 114 cm³/mol. The molecule has 0 spiro atoms. The summed E-state index contributed by atoms with van der Waals surface area (Å²) in [6.07, 6.45) is 1.54. The zero-order valence-corrected chi connectivity index (χ0v) is 19.5. The first-order chi connectivity index (χ1) is 13.8. The van der Waals surface area contributed by atoms with Crippen LogP contribution in [0.15, 0.2) is 30.3 Å². The van der Waals surface area contributed by atoms with Gasteiger partial charge in [0.2, 0.25) is 5.91 Å². The van der Waals surface area contributed by atoms with E-state index in [2.05, 4.69) is 0 Å². The number of amides is 1. The second kappa shape index (κ2) is 9.06. The summed E-state index contributed by atoms with van der Waals surface area (Å²) in [4.78, 5) is 28.3. The van der Waals surface area contributed by atoms with Gasteiger partial charge in [0.1, 0.15) is 5.60 Å². The fraction of sp³-hybridized carbons (Fsp3) is 0.636. The van der Waals surface area contributed by atoms with E-state index >= 15 is 0 Å². The van der Waals surface area contributed by atoms with E-state index in [1.165, 1.54) is 0 Å². The molecule has 2 unspecified atom stereocenters. The zero-order valence-electron chi connectivity index (χ0n) is 18.7. The lowest BCUT2D eigenvalue weighted by Crippen LogP contribution is -2.48. The third kappa shape index (κ3) is 5.60. The minimum absolute atomic E-state index is 0.0370. The van der Waals surface area contributed by atoms with E-state index in [4.69, 9.17) is 8.92 Å². The standard InChI is InChI=1S/C22H33NO6S/c1-7-18-22(13-14-28-30(6,26)27,20(25)29-21(3,4)5)15-19(24)23(18)16(2)17-11-9-8-10-12-17/h8-12,16,18H,7,13-15H2,1-6H3/t16-,18?,22?/m1/s1. The van der Waals surface area contributed by atoms with Gasteiger partial charge in [0.25, 0.3) is 10.1 Å². The van der Waals surface area contributed by atoms with Gasteiger partial charge in [-0.2, -0.15) is 8.42 Å². The summed E-state index contributed by atoms with van der Waals surface area (Å²) in [5, 5.41) is 0. The molecule has 3 atom stereocenters. The molecule has 30 heavy (non-hydrogen) atoms. The van der Waals surface area contributed by atoms with E-state index in [-0.39, 0.29) is 31.4 Å². The lowest BCUT2D eigenvalue weighted by molar-refractivity contribution is -0.171. The topological polar surface area (TPSA) is 90.0 Å². The first-order valence-corrected chi connectivity index (χ1v) is 12.1. The molecular formula is C22H33NO6S. The Kier molecular flexibility index (Phi) is 7.35. The maximum atomic E-state index is 13.4. The van der Waals surface area contributed by atoms with Crippen molar-refractivity contribution in [3.63, 3.8) is 0 Å². The largest absolute Gasteiger partial charge is 0.459 e. The second-order valence-electron chi connectivity index (χ2n) is 8.92. The SMILES string of the molecule is CCC1N([C@H](C)c2ccccc2)C(=O)CC1(CCOS(C)(=O)=O)C(=O)OC(C)(C)C. The molecule has 1 saturated heterocycles. The normalized spacial score (nSPS) is 23.5. The number of hydrogen-bond donors (Lipinski definition) is 0. The van der Waals surface area contributed by atoms with Crippen LogP contribution < -0.4 is 0 Å². The molecule has 0 aliphatic carbocycles. The van der Waals surface area contributed by atoms with E-state index in [1.807, 2.05) is 44.2 Å². The van der Waals surface area contributed by atoms with Crippen molar-refractivity contribution in [3.05, 3.63) is 35.9 Å². The maximum absolute atomic E-state index is 13.4. The second-order valence-corrected chi connectivity index (χ2v) is 10.6. The first kappa shape index (κ1) is 24.3. The number of nitrogens with zero attached hydrogens (tertiary/aromatic N) is 1. The lowest BCUT2D eigenvalue weighted by Gasteiger charge is -2.39. The molecule has 1 aliphatic rings. The Morgan fingerprint density at radius 3 is 2.37 bits per heavy atom. The van der Waals surface area contributed by atoms with Gasteiger partial charge in [-0.1, -0.05) is 37.3 Å². The number of carbonyl (C=O) groups is 2. The molecule has 1 fully saturated rings. The zero-order chi connectivity index (χ0) is 22.7. The number of benzene rings is 1. The van der Waals surface area contributed by atoms with E-state index in [1.54, 1.807) is 25.7 Å². The van der Waals surface area contributed by atoms with Gasteiger partial charge in [-0.25, -0.2) is 0 Å². The number of hydrogen-bond acceptors (Lipinski definition) is 6. The molecule has 168 valence electrons. The van der Waals surface area contributed by atoms with Crippen LogP contribution in [-0.2, 0) is 28.6 Å². The Hall–Kier alpha value is -1.93. The predicted octanol–water partition coefficient (Wildman–Crippen LogP) is 3.45. The molecule has 7 nitrogen and oxygen atoms in total. The Morgan fingerprint density at radius 1 is 1.27 bits per heavy atom. The quantitative estimate of drug-likeness (QED) is 0.455. The van der Waals surface area contributed by atoms with Crippen LogP contribution in [0.1, 0.15) is 65.5 Å². The van der Waals surface area contributed by atoms with Crippen molar-refractivity contribution in [1.82, 2.24) is 4.90 Å². The highest BCUT2D eigenvalue weighted by Crippen LogP contribution is 2.47. The van der Waals surface area contributed by atoms with Crippen LogP contribution in [0, 0.1) is 5.41 Å². The maximum Gasteiger partial charge on any atom is 0.315 e. The van der Waals surface area contributed by atoms with Crippen LogP contribution in [0.3, 0.4) is 0 Å². The molecule has 1 amide bonds. The minimum atomic E-state index is -3.66. The van der Waals surface area contributed by atoms with Crippen molar-refractivity contribution >= 4 is 22.0 Å². The Balaban J connectivity index is 2.43. The van der Waals surface area contributed by atoms with Gasteiger partial charge in [0.05, 0.1) is 24.3 Å². The average Bonchev–Trinajstić information content (AvgIpc) is 2.92. The molecule has 8 heteroatoms. The highest BCUT2D eigenvalue weighted by atomic mass is 32.2. The molecule has 0 N–H and O–H groups in total. The van der Waals surface area contributed by atoms with Crippen LogP contribution in [0.4, 0.5) is 0 Å². The molecule has 0 aromatic heterocycles. The third-order valence-electron chi connectivity index (χ3n) is 5.47. The number of ether oxygens (including phenoxy) is 1. The van der Waals surface area contributed by atoms with Gasteiger partial charge < -0.3 is 9.64 Å². The molecule has 1 aromatic rings. The van der Waals surface area contributed by atoms with Crippen LogP contribution >= 0.6 is 0 Å². The van der Waals surface area contributed by atoms with Crippen LogP contribution in [0.25, 0.3) is 0 Å². The molecule has 1 aliphatic heterocycles. The molecular weight excluding hydrogens is 406 g/mol. The average molecular weight is 440 g/mol. The van der Waals surface area contributed by atoms with Gasteiger partial charge in [-0.05, 0) is 46.1 Å². The minimum Gasteiger partial charge on any atom is -0.459 e. The highest BCUT2D eigenvalue weighted by Gasteiger charge is 2.58. The number of esters is 1. The van der Waals surface area contributed by atoms with Crippen molar-refractivity contribution in [1.29, 1.82) is 0 Å². The molecule has 2 rings (SSSR count). The van der Waals surface area contributed by atoms with Gasteiger partial charge in [0.15, 0.2) is 0 Å². The smallest absolute Gasteiger partial charge is 0.315 e. The molecule has 0 saturated carbocycles. The van der Waals surface area contributed by atoms with Crippen molar-refractivity contribution in [2.75, 3.05) is 12.9 Å². The van der Waals surface area contributed by atoms with Gasteiger partial charge in [0, 0.05) is 12.5 Å². The summed E-state index contributed by atoms with van der Waals surface area (Å²) in [6, 6.07) is 8.97. The molecule has 0 bridgehead atoms. The van der Waals surface area contributed by atoms with E-state index in [0.717, 1.165) is 11.8 Å². The third-order valence-corrected chi connectivity index (χ3v) is 6.06. The van der Waals surface area contributed by atoms with Gasteiger partial charge in [-0.15, -0.1) is 0 Å².